The number of carbonyl (C=O) groups excluding carboxylic acids is 1. The fraction of sp³-hybridized carbons (Fsp3) is 0.462. The summed E-state index contributed by atoms with van der Waals surface area (Å²) < 4.78 is 5.14. The van der Waals surface area contributed by atoms with E-state index >= 15 is 0 Å². The number of amides is 1. The maximum atomic E-state index is 11.9. The molecule has 17 heavy (non-hydrogen) atoms. The van der Waals surface area contributed by atoms with Crippen molar-refractivity contribution in [2.24, 2.45) is 5.41 Å². The molecule has 0 bridgehead atoms. The third-order valence-electron chi connectivity index (χ3n) is 3.11. The summed E-state index contributed by atoms with van der Waals surface area (Å²) in [5.74, 6) is -0.0544. The van der Waals surface area contributed by atoms with Crippen LogP contribution >= 0.6 is 0 Å². The van der Waals surface area contributed by atoms with Gasteiger partial charge in [-0.25, -0.2) is 0 Å². The largest absolute Gasteiger partial charge is 0.399 e. The molecule has 4 nitrogen and oxygen atoms in total. The van der Waals surface area contributed by atoms with E-state index in [4.69, 9.17) is 10.5 Å². The number of anilines is 1. The van der Waals surface area contributed by atoms with Crippen molar-refractivity contribution < 1.29 is 9.53 Å². The highest BCUT2D eigenvalue weighted by molar-refractivity contribution is 5.94. The average Bonchev–Trinajstić information content (AvgIpc) is 2.27. The first-order chi connectivity index (χ1) is 8.00. The van der Waals surface area contributed by atoms with Crippen molar-refractivity contribution in [2.45, 2.75) is 13.8 Å². The van der Waals surface area contributed by atoms with Gasteiger partial charge in [-0.2, -0.15) is 0 Å². The van der Waals surface area contributed by atoms with Crippen molar-refractivity contribution in [3.8, 4) is 0 Å². The summed E-state index contributed by atoms with van der Waals surface area (Å²) in [4.78, 5) is 11.9. The average molecular weight is 234 g/mol. The zero-order valence-electron chi connectivity index (χ0n) is 10.2. The van der Waals surface area contributed by atoms with Gasteiger partial charge in [0.2, 0.25) is 0 Å². The first-order valence-corrected chi connectivity index (χ1v) is 5.72. The fourth-order valence-corrected chi connectivity index (χ4v) is 1.77. The van der Waals surface area contributed by atoms with Crippen LogP contribution in [0.2, 0.25) is 0 Å². The number of nitrogen functional groups attached to an aromatic ring is 1. The Morgan fingerprint density at radius 3 is 2.76 bits per heavy atom. The second-order valence-electron chi connectivity index (χ2n) is 5.06. The summed E-state index contributed by atoms with van der Waals surface area (Å²) in [5.41, 5.74) is 8.10. The summed E-state index contributed by atoms with van der Waals surface area (Å²) in [5, 5.41) is 2.93. The van der Waals surface area contributed by atoms with E-state index < -0.39 is 0 Å². The molecule has 0 aromatic heterocycles. The van der Waals surface area contributed by atoms with E-state index in [9.17, 15) is 4.79 Å². The van der Waals surface area contributed by atoms with Gasteiger partial charge in [-0.15, -0.1) is 0 Å². The van der Waals surface area contributed by atoms with Crippen molar-refractivity contribution in [2.75, 3.05) is 25.5 Å². The molecular weight excluding hydrogens is 216 g/mol. The lowest BCUT2D eigenvalue weighted by atomic mass is 9.88. The highest BCUT2D eigenvalue weighted by Crippen LogP contribution is 2.25. The quantitative estimate of drug-likeness (QED) is 0.776. The highest BCUT2D eigenvalue weighted by atomic mass is 16.5. The summed E-state index contributed by atoms with van der Waals surface area (Å²) in [6.07, 6.45) is 0. The summed E-state index contributed by atoms with van der Waals surface area (Å²) in [6.45, 7) is 6.08. The minimum atomic E-state index is -0.0544. The number of nitrogens with two attached hydrogens (primary N) is 1. The van der Waals surface area contributed by atoms with Crippen LogP contribution in [0.25, 0.3) is 0 Å². The molecule has 0 radical (unpaired) electrons. The Bertz CT molecular complexity index is 439. The molecule has 1 saturated heterocycles. The zero-order valence-corrected chi connectivity index (χ0v) is 10.2. The summed E-state index contributed by atoms with van der Waals surface area (Å²) >= 11 is 0. The topological polar surface area (TPSA) is 64.3 Å². The predicted octanol–water partition coefficient (Wildman–Crippen LogP) is 1.34. The van der Waals surface area contributed by atoms with Crippen molar-refractivity contribution in [1.82, 2.24) is 5.32 Å². The van der Waals surface area contributed by atoms with E-state index in [-0.39, 0.29) is 11.3 Å². The maximum absolute atomic E-state index is 11.9. The number of nitrogens with one attached hydrogen (secondary N) is 1. The number of carbonyl (C=O) groups is 1. The van der Waals surface area contributed by atoms with Crippen molar-refractivity contribution in [3.05, 3.63) is 29.3 Å². The number of aryl methyl sites for hydroxylation is 1. The molecule has 1 heterocycles. The van der Waals surface area contributed by atoms with Crippen LogP contribution in [-0.4, -0.2) is 25.7 Å². The number of benzene rings is 1. The molecule has 4 heteroatoms. The van der Waals surface area contributed by atoms with Crippen LogP contribution in [0.5, 0.6) is 0 Å². The van der Waals surface area contributed by atoms with E-state index in [2.05, 4.69) is 12.2 Å². The standard InChI is InChI=1S/C13H18N2O2/c1-9-5-10(3-4-11(9)14)12(16)15-6-13(2)7-17-8-13/h3-5H,6-8,14H2,1-2H3,(H,15,16). The minimum Gasteiger partial charge on any atom is -0.399 e. The Hall–Kier alpha value is -1.55. The van der Waals surface area contributed by atoms with Crippen LogP contribution in [0.15, 0.2) is 18.2 Å². The first-order valence-electron chi connectivity index (χ1n) is 5.72. The van der Waals surface area contributed by atoms with E-state index in [0.717, 1.165) is 5.56 Å². The van der Waals surface area contributed by atoms with E-state index in [1.165, 1.54) is 0 Å². The SMILES string of the molecule is Cc1cc(C(=O)NCC2(C)COC2)ccc1N. The molecule has 2 rings (SSSR count). The predicted molar refractivity (Wildman–Crippen MR) is 66.9 cm³/mol. The van der Waals surface area contributed by atoms with Gasteiger partial charge in [-0.3, -0.25) is 4.79 Å². The fourth-order valence-electron chi connectivity index (χ4n) is 1.77. The Morgan fingerprint density at radius 2 is 2.24 bits per heavy atom. The molecule has 3 N–H and O–H groups in total. The summed E-state index contributed by atoms with van der Waals surface area (Å²) in [7, 11) is 0. The van der Waals surface area contributed by atoms with Gasteiger partial charge in [-0.1, -0.05) is 6.92 Å². The first kappa shape index (κ1) is 11.9. The number of hydrogen-bond acceptors (Lipinski definition) is 3. The van der Waals surface area contributed by atoms with E-state index in [1.54, 1.807) is 12.1 Å². The highest BCUT2D eigenvalue weighted by Gasteiger charge is 2.33. The van der Waals surface area contributed by atoms with Crippen LogP contribution in [0.3, 0.4) is 0 Å². The van der Waals surface area contributed by atoms with Gasteiger partial charge >= 0.3 is 0 Å². The molecule has 0 saturated carbocycles. The second-order valence-corrected chi connectivity index (χ2v) is 5.06. The van der Waals surface area contributed by atoms with Crippen LogP contribution in [-0.2, 0) is 4.74 Å². The van der Waals surface area contributed by atoms with Gasteiger partial charge in [-0.05, 0) is 30.7 Å². The van der Waals surface area contributed by atoms with Gasteiger partial charge in [0.05, 0.1) is 13.2 Å². The molecule has 92 valence electrons. The third-order valence-corrected chi connectivity index (χ3v) is 3.11. The molecule has 0 unspecified atom stereocenters. The molecule has 1 aromatic rings. The van der Waals surface area contributed by atoms with Crippen LogP contribution in [0, 0.1) is 12.3 Å². The molecule has 1 amide bonds. The Balaban J connectivity index is 1.97. The van der Waals surface area contributed by atoms with Gasteiger partial charge < -0.3 is 15.8 Å². The third kappa shape index (κ3) is 2.58. The number of rotatable bonds is 3. The lowest BCUT2D eigenvalue weighted by Crippen LogP contribution is -2.48. The monoisotopic (exact) mass is 234 g/mol. The van der Waals surface area contributed by atoms with Gasteiger partial charge in [0, 0.05) is 23.2 Å². The zero-order chi connectivity index (χ0) is 12.5. The molecular formula is C13H18N2O2. The minimum absolute atomic E-state index is 0.0544. The molecule has 1 aliphatic heterocycles. The van der Waals surface area contributed by atoms with Crippen LogP contribution in [0.1, 0.15) is 22.8 Å². The van der Waals surface area contributed by atoms with Gasteiger partial charge in [0.15, 0.2) is 0 Å². The normalized spacial score (nSPS) is 17.3. The number of ether oxygens (including phenoxy) is 1. The molecule has 1 aromatic carbocycles. The van der Waals surface area contributed by atoms with Crippen molar-refractivity contribution in [1.29, 1.82) is 0 Å². The lowest BCUT2D eigenvalue weighted by Gasteiger charge is -2.38. The summed E-state index contributed by atoms with van der Waals surface area (Å²) in [6, 6.07) is 5.32. The smallest absolute Gasteiger partial charge is 0.251 e. The Labute approximate surface area is 101 Å². The molecule has 0 spiro atoms. The van der Waals surface area contributed by atoms with Gasteiger partial charge in [0.1, 0.15) is 0 Å². The second kappa shape index (κ2) is 4.37. The maximum Gasteiger partial charge on any atom is 0.251 e. The molecule has 1 fully saturated rings. The van der Waals surface area contributed by atoms with Crippen molar-refractivity contribution >= 4 is 11.6 Å². The molecule has 0 aliphatic carbocycles. The Kier molecular flexibility index (Phi) is 3.07. The van der Waals surface area contributed by atoms with Crippen LogP contribution < -0.4 is 11.1 Å². The lowest BCUT2D eigenvalue weighted by molar-refractivity contribution is -0.0978. The van der Waals surface area contributed by atoms with Crippen molar-refractivity contribution in [3.63, 3.8) is 0 Å². The molecule has 1 aliphatic rings. The Morgan fingerprint density at radius 1 is 1.53 bits per heavy atom. The number of hydrogen-bond donors (Lipinski definition) is 2. The van der Waals surface area contributed by atoms with Crippen LogP contribution in [0.4, 0.5) is 5.69 Å². The van der Waals surface area contributed by atoms with Gasteiger partial charge in [0.25, 0.3) is 5.91 Å². The molecule has 0 atom stereocenters. The van der Waals surface area contributed by atoms with E-state index in [0.29, 0.717) is 31.0 Å². The van der Waals surface area contributed by atoms with E-state index in [1.807, 2.05) is 13.0 Å².